The second-order valence-electron chi connectivity index (χ2n) is 4.21. The molecule has 0 aliphatic carbocycles. The number of aromatic nitrogens is 1. The van der Waals surface area contributed by atoms with Crippen LogP contribution in [0.2, 0.25) is 0 Å². The molecule has 4 heteroatoms. The molecule has 16 heavy (non-hydrogen) atoms. The zero-order chi connectivity index (χ0) is 11.7. The molecule has 1 aromatic heterocycles. The molecule has 0 saturated carbocycles. The number of hydrogen-bond acceptors (Lipinski definition) is 1. The number of hydrogen-bond donors (Lipinski definition) is 0. The molecule has 0 atom stereocenters. The third-order valence-corrected chi connectivity index (χ3v) is 3.35. The lowest BCUT2D eigenvalue weighted by Gasteiger charge is -2.25. The molecule has 1 amide bonds. The molecule has 3 nitrogen and oxygen atoms in total. The van der Waals surface area contributed by atoms with Gasteiger partial charge in [-0.1, -0.05) is 11.6 Å². The van der Waals surface area contributed by atoms with Gasteiger partial charge in [-0.25, -0.2) is 0 Å². The summed E-state index contributed by atoms with van der Waals surface area (Å²) in [6, 6.07) is 1.87. The van der Waals surface area contributed by atoms with Crippen LogP contribution in [0.15, 0.2) is 28.4 Å². The maximum Gasteiger partial charge on any atom is 0.270 e. The van der Waals surface area contributed by atoms with Gasteiger partial charge in [0.15, 0.2) is 0 Å². The Hall–Kier alpha value is -1.03. The molecule has 1 aromatic rings. The van der Waals surface area contributed by atoms with Crippen LogP contribution in [0, 0.1) is 0 Å². The van der Waals surface area contributed by atoms with Crippen molar-refractivity contribution < 1.29 is 4.79 Å². The third-order valence-electron chi connectivity index (χ3n) is 2.91. The molecule has 1 aliphatic heterocycles. The number of halogens is 1. The Morgan fingerprint density at radius 2 is 2.25 bits per heavy atom. The van der Waals surface area contributed by atoms with Crippen molar-refractivity contribution in [1.29, 1.82) is 0 Å². The van der Waals surface area contributed by atoms with Crippen molar-refractivity contribution >= 4 is 21.8 Å². The summed E-state index contributed by atoms with van der Waals surface area (Å²) in [5.74, 6) is 0.108. The third kappa shape index (κ3) is 2.21. The number of amides is 1. The van der Waals surface area contributed by atoms with Gasteiger partial charge in [0.25, 0.3) is 5.91 Å². The van der Waals surface area contributed by atoms with Crippen LogP contribution in [0.1, 0.15) is 23.8 Å². The van der Waals surface area contributed by atoms with E-state index < -0.39 is 0 Å². The average Bonchev–Trinajstić information content (AvgIpc) is 2.58. The first-order valence-electron chi connectivity index (χ1n) is 5.34. The normalized spacial score (nSPS) is 16.2. The molecule has 0 unspecified atom stereocenters. The first-order valence-corrected chi connectivity index (χ1v) is 6.14. The highest BCUT2D eigenvalue weighted by molar-refractivity contribution is 9.10. The summed E-state index contributed by atoms with van der Waals surface area (Å²) < 4.78 is 2.81. The zero-order valence-electron chi connectivity index (χ0n) is 9.53. The number of nitrogens with zero attached hydrogens (tertiary/aromatic N) is 2. The van der Waals surface area contributed by atoms with Gasteiger partial charge in [0.1, 0.15) is 5.69 Å². The predicted molar refractivity (Wildman–Crippen MR) is 67.4 cm³/mol. The van der Waals surface area contributed by atoms with Gasteiger partial charge in [-0.05, 0) is 35.3 Å². The van der Waals surface area contributed by atoms with E-state index in [1.54, 1.807) is 0 Å². The maximum atomic E-state index is 12.2. The van der Waals surface area contributed by atoms with Crippen molar-refractivity contribution in [2.24, 2.45) is 7.05 Å². The Morgan fingerprint density at radius 1 is 1.50 bits per heavy atom. The van der Waals surface area contributed by atoms with E-state index in [9.17, 15) is 4.79 Å². The fraction of sp³-hybridized carbons (Fsp3) is 0.417. The van der Waals surface area contributed by atoms with Gasteiger partial charge in [-0.3, -0.25) is 4.79 Å². The first-order chi connectivity index (χ1) is 7.58. The van der Waals surface area contributed by atoms with E-state index in [1.165, 1.54) is 5.57 Å². The van der Waals surface area contributed by atoms with Crippen molar-refractivity contribution in [1.82, 2.24) is 9.47 Å². The van der Waals surface area contributed by atoms with Crippen LogP contribution < -0.4 is 0 Å². The average molecular weight is 283 g/mol. The highest BCUT2D eigenvalue weighted by Gasteiger charge is 2.20. The highest BCUT2D eigenvalue weighted by Crippen LogP contribution is 2.17. The Morgan fingerprint density at radius 3 is 2.75 bits per heavy atom. The van der Waals surface area contributed by atoms with Crippen molar-refractivity contribution in [3.8, 4) is 0 Å². The van der Waals surface area contributed by atoms with E-state index in [4.69, 9.17) is 0 Å². The number of carbonyl (C=O) groups excluding carboxylic acids is 1. The van der Waals surface area contributed by atoms with E-state index in [0.29, 0.717) is 0 Å². The molecule has 0 N–H and O–H groups in total. The summed E-state index contributed by atoms with van der Waals surface area (Å²) in [4.78, 5) is 14.1. The molecule has 0 saturated heterocycles. The zero-order valence-corrected chi connectivity index (χ0v) is 11.1. The van der Waals surface area contributed by atoms with E-state index in [0.717, 1.165) is 29.7 Å². The van der Waals surface area contributed by atoms with Crippen LogP contribution in [0.3, 0.4) is 0 Å². The minimum atomic E-state index is 0.108. The second-order valence-corrected chi connectivity index (χ2v) is 5.12. The van der Waals surface area contributed by atoms with Crippen molar-refractivity contribution in [3.63, 3.8) is 0 Å². The molecule has 86 valence electrons. The smallest absolute Gasteiger partial charge is 0.270 e. The second kappa shape index (κ2) is 4.45. The molecule has 0 radical (unpaired) electrons. The SMILES string of the molecule is CC1=CCN(C(=O)c2cc(Br)cn2C)CC1. The Labute approximate surface area is 104 Å². The van der Waals surface area contributed by atoms with Crippen LogP contribution >= 0.6 is 15.9 Å². The Bertz CT molecular complexity index is 448. The summed E-state index contributed by atoms with van der Waals surface area (Å²) in [5, 5.41) is 0. The van der Waals surface area contributed by atoms with Gasteiger partial charge in [0.05, 0.1) is 0 Å². The van der Waals surface area contributed by atoms with Gasteiger partial charge < -0.3 is 9.47 Å². The molecular formula is C12H15BrN2O. The van der Waals surface area contributed by atoms with Gasteiger partial charge in [-0.15, -0.1) is 0 Å². The van der Waals surface area contributed by atoms with E-state index in [1.807, 2.05) is 28.8 Å². The first kappa shape index (κ1) is 11.5. The summed E-state index contributed by atoms with van der Waals surface area (Å²) in [6.45, 7) is 3.67. The van der Waals surface area contributed by atoms with Gasteiger partial charge in [0, 0.05) is 30.8 Å². The summed E-state index contributed by atoms with van der Waals surface area (Å²) in [7, 11) is 1.89. The minimum absolute atomic E-state index is 0.108. The Kier molecular flexibility index (Phi) is 3.19. The topological polar surface area (TPSA) is 25.2 Å². The predicted octanol–water partition coefficient (Wildman–Crippen LogP) is 2.58. The molecule has 0 aromatic carbocycles. The lowest BCUT2D eigenvalue weighted by molar-refractivity contribution is 0.0759. The van der Waals surface area contributed by atoms with Crippen molar-refractivity contribution in [2.45, 2.75) is 13.3 Å². The fourth-order valence-corrected chi connectivity index (χ4v) is 2.38. The highest BCUT2D eigenvalue weighted by atomic mass is 79.9. The van der Waals surface area contributed by atoms with Gasteiger partial charge in [0.2, 0.25) is 0 Å². The molecule has 1 aliphatic rings. The summed E-state index contributed by atoms with van der Waals surface area (Å²) >= 11 is 3.38. The molecule has 0 fully saturated rings. The van der Waals surface area contributed by atoms with Crippen molar-refractivity contribution in [3.05, 3.63) is 34.1 Å². The van der Waals surface area contributed by atoms with Crippen LogP contribution in [0.5, 0.6) is 0 Å². The van der Waals surface area contributed by atoms with Crippen LogP contribution in [-0.2, 0) is 7.05 Å². The molecule has 2 heterocycles. The van der Waals surface area contributed by atoms with E-state index in [2.05, 4.69) is 28.9 Å². The molecular weight excluding hydrogens is 268 g/mol. The van der Waals surface area contributed by atoms with Crippen molar-refractivity contribution in [2.75, 3.05) is 13.1 Å². The van der Waals surface area contributed by atoms with Gasteiger partial charge >= 0.3 is 0 Å². The lowest BCUT2D eigenvalue weighted by atomic mass is 10.1. The van der Waals surface area contributed by atoms with E-state index in [-0.39, 0.29) is 5.91 Å². The summed E-state index contributed by atoms with van der Waals surface area (Å²) in [6.07, 6.45) is 5.01. The van der Waals surface area contributed by atoms with E-state index >= 15 is 0 Å². The summed E-state index contributed by atoms with van der Waals surface area (Å²) in [5.41, 5.74) is 2.11. The monoisotopic (exact) mass is 282 g/mol. The largest absolute Gasteiger partial charge is 0.345 e. The van der Waals surface area contributed by atoms with Crippen LogP contribution in [0.25, 0.3) is 0 Å². The fourth-order valence-electron chi connectivity index (χ4n) is 1.85. The molecule has 0 bridgehead atoms. The molecule has 0 spiro atoms. The number of aryl methyl sites for hydroxylation is 1. The minimum Gasteiger partial charge on any atom is -0.345 e. The Balaban J connectivity index is 2.17. The van der Waals surface area contributed by atoms with Gasteiger partial charge in [-0.2, -0.15) is 0 Å². The maximum absolute atomic E-state index is 12.2. The van der Waals surface area contributed by atoms with Crippen LogP contribution in [0.4, 0.5) is 0 Å². The quantitative estimate of drug-likeness (QED) is 0.727. The van der Waals surface area contributed by atoms with Crippen LogP contribution in [-0.4, -0.2) is 28.5 Å². The molecule has 2 rings (SSSR count). The number of carbonyl (C=O) groups is 1. The standard InChI is InChI=1S/C12H15BrN2O/c1-9-3-5-15(6-4-9)12(16)11-7-10(13)8-14(11)2/h3,7-8H,4-6H2,1-2H3. The lowest BCUT2D eigenvalue weighted by Crippen LogP contribution is -2.35. The number of rotatable bonds is 1.